The molecule has 0 aliphatic carbocycles. The van der Waals surface area contributed by atoms with Gasteiger partial charge in [0.2, 0.25) is 0 Å². The lowest BCUT2D eigenvalue weighted by atomic mass is 9.97. The highest BCUT2D eigenvalue weighted by Gasteiger charge is 2.14. The van der Waals surface area contributed by atoms with Crippen LogP contribution in [0.3, 0.4) is 0 Å². The van der Waals surface area contributed by atoms with E-state index in [4.69, 9.17) is 16.3 Å². The Hall–Kier alpha value is -2.32. The second kappa shape index (κ2) is 5.58. The van der Waals surface area contributed by atoms with E-state index >= 15 is 0 Å². The number of hydrogen-bond donors (Lipinski definition) is 0. The van der Waals surface area contributed by atoms with Crippen LogP contribution >= 0.6 is 11.6 Å². The van der Waals surface area contributed by atoms with Gasteiger partial charge in [-0.3, -0.25) is 4.79 Å². The molecule has 21 heavy (non-hydrogen) atoms. The standard InChI is InChI=1S/C18H13ClO2/c1-21-17-10-9-16(14-7-2-3-8-15(14)17)18(20)12-5-4-6-13(19)11-12/h2-11H,1H3. The minimum atomic E-state index is -0.0450. The van der Waals surface area contributed by atoms with E-state index in [1.165, 1.54) is 0 Å². The topological polar surface area (TPSA) is 26.3 Å². The van der Waals surface area contributed by atoms with Crippen LogP contribution in [0.25, 0.3) is 10.8 Å². The third-order valence-corrected chi connectivity index (χ3v) is 3.67. The molecule has 0 spiro atoms. The number of ketones is 1. The molecule has 3 aromatic rings. The molecule has 0 aliphatic heterocycles. The second-order valence-electron chi connectivity index (χ2n) is 4.70. The molecule has 0 saturated heterocycles. The van der Waals surface area contributed by atoms with Crippen molar-refractivity contribution in [1.29, 1.82) is 0 Å². The van der Waals surface area contributed by atoms with Gasteiger partial charge in [0.1, 0.15) is 5.75 Å². The highest BCUT2D eigenvalue weighted by molar-refractivity contribution is 6.31. The number of ether oxygens (including phenoxy) is 1. The van der Waals surface area contributed by atoms with Gasteiger partial charge in [0.15, 0.2) is 5.78 Å². The van der Waals surface area contributed by atoms with E-state index in [0.29, 0.717) is 16.1 Å². The molecule has 3 aromatic carbocycles. The molecule has 0 fully saturated rings. The molecule has 0 N–H and O–H groups in total. The monoisotopic (exact) mass is 296 g/mol. The summed E-state index contributed by atoms with van der Waals surface area (Å²) in [5.74, 6) is 0.713. The molecule has 0 aromatic heterocycles. The van der Waals surface area contributed by atoms with Gasteiger partial charge in [0, 0.05) is 21.5 Å². The summed E-state index contributed by atoms with van der Waals surface area (Å²) in [4.78, 5) is 12.7. The van der Waals surface area contributed by atoms with Crippen LogP contribution in [0.15, 0.2) is 60.7 Å². The van der Waals surface area contributed by atoms with E-state index in [9.17, 15) is 4.79 Å². The molecule has 2 nitrogen and oxygen atoms in total. The minimum absolute atomic E-state index is 0.0450. The first-order valence-electron chi connectivity index (χ1n) is 6.56. The summed E-state index contributed by atoms with van der Waals surface area (Å²) in [7, 11) is 1.63. The number of hydrogen-bond acceptors (Lipinski definition) is 2. The molecule has 0 bridgehead atoms. The predicted octanol–water partition coefficient (Wildman–Crippen LogP) is 4.73. The molecule has 0 amide bonds. The zero-order valence-corrected chi connectivity index (χ0v) is 12.2. The van der Waals surface area contributed by atoms with Crippen LogP contribution in [0.2, 0.25) is 5.02 Å². The number of fused-ring (bicyclic) bond motifs is 1. The maximum Gasteiger partial charge on any atom is 0.193 e. The predicted molar refractivity (Wildman–Crippen MR) is 85.4 cm³/mol. The number of halogens is 1. The summed E-state index contributed by atoms with van der Waals surface area (Å²) >= 11 is 5.97. The largest absolute Gasteiger partial charge is 0.496 e. The fraction of sp³-hybridized carbons (Fsp3) is 0.0556. The van der Waals surface area contributed by atoms with Gasteiger partial charge < -0.3 is 4.74 Å². The number of rotatable bonds is 3. The first-order valence-corrected chi connectivity index (χ1v) is 6.94. The molecule has 104 valence electrons. The van der Waals surface area contributed by atoms with Crippen LogP contribution < -0.4 is 4.74 Å². The first-order chi connectivity index (χ1) is 10.2. The Labute approximate surface area is 127 Å². The van der Waals surface area contributed by atoms with Crippen molar-refractivity contribution < 1.29 is 9.53 Å². The number of benzene rings is 3. The van der Waals surface area contributed by atoms with E-state index in [1.807, 2.05) is 30.3 Å². The van der Waals surface area contributed by atoms with Crippen molar-refractivity contribution >= 4 is 28.2 Å². The van der Waals surface area contributed by atoms with Gasteiger partial charge >= 0.3 is 0 Å². The summed E-state index contributed by atoms with van der Waals surface area (Å²) in [6.07, 6.45) is 0. The minimum Gasteiger partial charge on any atom is -0.496 e. The SMILES string of the molecule is COc1ccc(C(=O)c2cccc(Cl)c2)c2ccccc12. The number of carbonyl (C=O) groups is 1. The summed E-state index contributed by atoms with van der Waals surface area (Å²) in [6.45, 7) is 0. The molecule has 3 heteroatoms. The molecular formula is C18H13ClO2. The third-order valence-electron chi connectivity index (χ3n) is 3.44. The van der Waals surface area contributed by atoms with Crippen molar-refractivity contribution in [2.45, 2.75) is 0 Å². The Morgan fingerprint density at radius 1 is 0.952 bits per heavy atom. The average Bonchev–Trinajstić information content (AvgIpc) is 2.53. The fourth-order valence-corrected chi connectivity index (χ4v) is 2.62. The van der Waals surface area contributed by atoms with Crippen molar-refractivity contribution in [2.75, 3.05) is 7.11 Å². The van der Waals surface area contributed by atoms with Gasteiger partial charge in [-0.05, 0) is 29.7 Å². The van der Waals surface area contributed by atoms with Gasteiger partial charge in [-0.25, -0.2) is 0 Å². The smallest absolute Gasteiger partial charge is 0.193 e. The van der Waals surface area contributed by atoms with Crippen molar-refractivity contribution in [3.63, 3.8) is 0 Å². The Morgan fingerprint density at radius 3 is 2.43 bits per heavy atom. The quantitative estimate of drug-likeness (QED) is 0.653. The normalized spacial score (nSPS) is 10.6. The third kappa shape index (κ3) is 2.50. The van der Waals surface area contributed by atoms with Gasteiger partial charge in [-0.1, -0.05) is 48.0 Å². The fourth-order valence-electron chi connectivity index (χ4n) is 2.43. The van der Waals surface area contributed by atoms with E-state index < -0.39 is 0 Å². The summed E-state index contributed by atoms with van der Waals surface area (Å²) < 4.78 is 5.35. The molecule has 0 aliphatic rings. The van der Waals surface area contributed by atoms with Crippen molar-refractivity contribution in [3.8, 4) is 5.75 Å². The van der Waals surface area contributed by atoms with E-state index in [2.05, 4.69) is 0 Å². The van der Waals surface area contributed by atoms with E-state index in [0.717, 1.165) is 16.5 Å². The van der Waals surface area contributed by atoms with Gasteiger partial charge in [-0.15, -0.1) is 0 Å². The molecule has 0 saturated carbocycles. The summed E-state index contributed by atoms with van der Waals surface area (Å²) in [6, 6.07) is 18.3. The van der Waals surface area contributed by atoms with Gasteiger partial charge in [0.25, 0.3) is 0 Å². The number of methoxy groups -OCH3 is 1. The van der Waals surface area contributed by atoms with Crippen molar-refractivity contribution in [2.24, 2.45) is 0 Å². The Balaban J connectivity index is 2.19. The number of carbonyl (C=O) groups excluding carboxylic acids is 1. The Bertz CT molecular complexity index is 824. The lowest BCUT2D eigenvalue weighted by molar-refractivity contribution is 0.104. The van der Waals surface area contributed by atoms with Crippen LogP contribution in [-0.4, -0.2) is 12.9 Å². The molecular weight excluding hydrogens is 284 g/mol. The highest BCUT2D eigenvalue weighted by Crippen LogP contribution is 2.29. The van der Waals surface area contributed by atoms with E-state index in [1.54, 1.807) is 37.4 Å². The van der Waals surface area contributed by atoms with Crippen molar-refractivity contribution in [1.82, 2.24) is 0 Å². The second-order valence-corrected chi connectivity index (χ2v) is 5.14. The van der Waals surface area contributed by atoms with Gasteiger partial charge in [-0.2, -0.15) is 0 Å². The highest BCUT2D eigenvalue weighted by atomic mass is 35.5. The maximum atomic E-state index is 12.7. The molecule has 0 unspecified atom stereocenters. The van der Waals surface area contributed by atoms with Crippen LogP contribution in [-0.2, 0) is 0 Å². The Morgan fingerprint density at radius 2 is 1.71 bits per heavy atom. The summed E-state index contributed by atoms with van der Waals surface area (Å²) in [5, 5.41) is 2.35. The van der Waals surface area contributed by atoms with Crippen LogP contribution in [0.4, 0.5) is 0 Å². The molecule has 0 radical (unpaired) electrons. The Kier molecular flexibility index (Phi) is 3.63. The van der Waals surface area contributed by atoms with Crippen LogP contribution in [0.5, 0.6) is 5.75 Å². The lowest BCUT2D eigenvalue weighted by Gasteiger charge is -2.10. The molecule has 0 heterocycles. The zero-order chi connectivity index (χ0) is 14.8. The zero-order valence-electron chi connectivity index (χ0n) is 11.5. The molecule has 0 atom stereocenters. The maximum absolute atomic E-state index is 12.7. The van der Waals surface area contributed by atoms with Crippen LogP contribution in [0.1, 0.15) is 15.9 Å². The van der Waals surface area contributed by atoms with Crippen LogP contribution in [0, 0.1) is 0 Å². The molecule has 3 rings (SSSR count). The average molecular weight is 297 g/mol. The lowest BCUT2D eigenvalue weighted by Crippen LogP contribution is -2.02. The first kappa shape index (κ1) is 13.7. The summed E-state index contributed by atoms with van der Waals surface area (Å²) in [5.41, 5.74) is 1.23. The van der Waals surface area contributed by atoms with Crippen molar-refractivity contribution in [3.05, 3.63) is 76.8 Å². The van der Waals surface area contributed by atoms with E-state index in [-0.39, 0.29) is 5.78 Å². The van der Waals surface area contributed by atoms with Gasteiger partial charge in [0.05, 0.1) is 7.11 Å².